The number of aliphatic hydroxyl groups is 1. The van der Waals surface area contributed by atoms with Crippen LogP contribution < -0.4 is 0 Å². The molecule has 0 aromatic carbocycles. The molecule has 0 aromatic heterocycles. The van der Waals surface area contributed by atoms with Crippen LogP contribution in [0.5, 0.6) is 0 Å². The molecule has 0 aromatic rings. The van der Waals surface area contributed by atoms with Crippen LogP contribution >= 0.6 is 0 Å². The van der Waals surface area contributed by atoms with Crippen LogP contribution in [-0.2, 0) is 4.74 Å². The van der Waals surface area contributed by atoms with Gasteiger partial charge in [0.15, 0.2) is 0 Å². The zero-order valence-corrected chi connectivity index (χ0v) is 13.9. The van der Waals surface area contributed by atoms with Gasteiger partial charge in [-0.15, -0.1) is 0 Å². The number of hydrogen-bond donors (Lipinski definition) is 1. The summed E-state index contributed by atoms with van der Waals surface area (Å²) in [4.78, 5) is 2.51. The third-order valence-corrected chi connectivity index (χ3v) is 5.88. The first-order chi connectivity index (χ1) is 9.35. The molecule has 1 N–H and O–H groups in total. The van der Waals surface area contributed by atoms with E-state index in [-0.39, 0.29) is 12.2 Å². The minimum absolute atomic E-state index is 0.161. The van der Waals surface area contributed by atoms with Crippen molar-refractivity contribution in [1.29, 1.82) is 0 Å². The van der Waals surface area contributed by atoms with Crippen molar-refractivity contribution in [3.63, 3.8) is 0 Å². The molecule has 1 aliphatic carbocycles. The quantitative estimate of drug-likeness (QED) is 0.864. The van der Waals surface area contributed by atoms with Gasteiger partial charge in [0, 0.05) is 18.6 Å². The van der Waals surface area contributed by atoms with Crippen LogP contribution in [0, 0.1) is 11.3 Å². The van der Waals surface area contributed by atoms with E-state index in [2.05, 4.69) is 39.5 Å². The molecule has 5 atom stereocenters. The second kappa shape index (κ2) is 6.33. The highest BCUT2D eigenvalue weighted by Gasteiger charge is 2.41. The SMILES string of the molecule is CCC(C)(C)C1CCC(O)C(N2CC(C)OCC2C)C1. The van der Waals surface area contributed by atoms with Gasteiger partial charge in [-0.1, -0.05) is 27.2 Å². The van der Waals surface area contributed by atoms with E-state index in [0.717, 1.165) is 31.9 Å². The topological polar surface area (TPSA) is 32.7 Å². The molecule has 0 spiro atoms. The lowest BCUT2D eigenvalue weighted by molar-refractivity contribution is -0.106. The Kier molecular flexibility index (Phi) is 5.14. The summed E-state index contributed by atoms with van der Waals surface area (Å²) in [5.41, 5.74) is 0.388. The Balaban J connectivity index is 2.08. The van der Waals surface area contributed by atoms with Gasteiger partial charge in [-0.25, -0.2) is 0 Å². The van der Waals surface area contributed by atoms with Gasteiger partial charge >= 0.3 is 0 Å². The molecule has 2 rings (SSSR count). The molecular weight excluding hydrogens is 250 g/mol. The first-order valence-corrected chi connectivity index (χ1v) is 8.40. The third-order valence-electron chi connectivity index (χ3n) is 5.88. The lowest BCUT2D eigenvalue weighted by atomic mass is 9.67. The lowest BCUT2D eigenvalue weighted by Crippen LogP contribution is -2.58. The van der Waals surface area contributed by atoms with E-state index in [1.54, 1.807) is 0 Å². The Hall–Kier alpha value is -0.120. The standard InChI is InChI=1S/C17H33NO2/c1-6-17(4,5)14-7-8-16(19)15(9-14)18-10-13(3)20-11-12(18)2/h12-16,19H,6-11H2,1-5H3. The number of rotatable bonds is 3. The van der Waals surface area contributed by atoms with Crippen molar-refractivity contribution in [1.82, 2.24) is 4.90 Å². The molecule has 1 heterocycles. The van der Waals surface area contributed by atoms with Crippen molar-refractivity contribution in [2.24, 2.45) is 11.3 Å². The van der Waals surface area contributed by atoms with E-state index in [1.807, 2.05) is 0 Å². The van der Waals surface area contributed by atoms with Gasteiger partial charge < -0.3 is 9.84 Å². The van der Waals surface area contributed by atoms with Crippen molar-refractivity contribution in [3.05, 3.63) is 0 Å². The Morgan fingerprint density at radius 1 is 1.25 bits per heavy atom. The molecule has 3 nitrogen and oxygen atoms in total. The lowest BCUT2D eigenvalue weighted by Gasteiger charge is -2.49. The first-order valence-electron chi connectivity index (χ1n) is 8.40. The molecule has 3 heteroatoms. The van der Waals surface area contributed by atoms with Gasteiger partial charge in [-0.05, 0) is 44.4 Å². The van der Waals surface area contributed by atoms with Crippen LogP contribution in [0.25, 0.3) is 0 Å². The molecule has 118 valence electrons. The van der Waals surface area contributed by atoms with E-state index >= 15 is 0 Å². The molecule has 20 heavy (non-hydrogen) atoms. The van der Waals surface area contributed by atoms with E-state index in [4.69, 9.17) is 4.74 Å². The van der Waals surface area contributed by atoms with Gasteiger partial charge in [0.2, 0.25) is 0 Å². The Labute approximate surface area is 124 Å². The molecule has 1 saturated heterocycles. The Bertz CT molecular complexity index is 318. The predicted molar refractivity (Wildman–Crippen MR) is 82.8 cm³/mol. The summed E-state index contributed by atoms with van der Waals surface area (Å²) in [6.07, 6.45) is 4.61. The van der Waals surface area contributed by atoms with Crippen LogP contribution in [0.1, 0.15) is 60.3 Å². The van der Waals surface area contributed by atoms with Crippen LogP contribution in [0.15, 0.2) is 0 Å². The number of ether oxygens (including phenoxy) is 1. The average molecular weight is 283 g/mol. The van der Waals surface area contributed by atoms with Gasteiger partial charge in [0.05, 0.1) is 18.8 Å². The van der Waals surface area contributed by atoms with Gasteiger partial charge in [-0.3, -0.25) is 4.90 Å². The van der Waals surface area contributed by atoms with E-state index in [1.165, 1.54) is 12.8 Å². The summed E-state index contributed by atoms with van der Waals surface area (Å²) in [5.74, 6) is 0.728. The summed E-state index contributed by atoms with van der Waals surface area (Å²) in [6.45, 7) is 13.2. The normalized spacial score (nSPS) is 40.8. The molecular formula is C17H33NO2. The van der Waals surface area contributed by atoms with Crippen molar-refractivity contribution in [3.8, 4) is 0 Å². The average Bonchev–Trinajstić information content (AvgIpc) is 2.42. The summed E-state index contributed by atoms with van der Waals surface area (Å²) in [5, 5.41) is 10.5. The number of hydrogen-bond acceptors (Lipinski definition) is 3. The largest absolute Gasteiger partial charge is 0.391 e. The maximum atomic E-state index is 10.5. The Morgan fingerprint density at radius 2 is 1.95 bits per heavy atom. The minimum atomic E-state index is -0.161. The molecule has 1 aliphatic heterocycles. The molecule has 2 aliphatic rings. The van der Waals surface area contributed by atoms with Gasteiger partial charge in [-0.2, -0.15) is 0 Å². The van der Waals surface area contributed by atoms with Crippen molar-refractivity contribution in [2.75, 3.05) is 13.2 Å². The van der Waals surface area contributed by atoms with Crippen LogP contribution in [0.4, 0.5) is 0 Å². The highest BCUT2D eigenvalue weighted by molar-refractivity contribution is 4.94. The van der Waals surface area contributed by atoms with Gasteiger partial charge in [0.1, 0.15) is 0 Å². The summed E-state index contributed by atoms with van der Waals surface area (Å²) in [7, 11) is 0. The van der Waals surface area contributed by atoms with Crippen molar-refractivity contribution >= 4 is 0 Å². The smallest absolute Gasteiger partial charge is 0.0695 e. The fourth-order valence-corrected chi connectivity index (χ4v) is 3.88. The van der Waals surface area contributed by atoms with Gasteiger partial charge in [0.25, 0.3) is 0 Å². The van der Waals surface area contributed by atoms with E-state index in [0.29, 0.717) is 17.5 Å². The fraction of sp³-hybridized carbons (Fsp3) is 1.00. The van der Waals surface area contributed by atoms with Crippen molar-refractivity contribution < 1.29 is 9.84 Å². The second-order valence-corrected chi connectivity index (χ2v) is 7.68. The highest BCUT2D eigenvalue weighted by atomic mass is 16.5. The van der Waals surface area contributed by atoms with Crippen molar-refractivity contribution in [2.45, 2.75) is 84.6 Å². The molecule has 2 fully saturated rings. The second-order valence-electron chi connectivity index (χ2n) is 7.68. The van der Waals surface area contributed by atoms with Crippen LogP contribution in [0.3, 0.4) is 0 Å². The predicted octanol–water partition coefficient (Wildman–Crippen LogP) is 3.06. The first kappa shape index (κ1) is 16.3. The van der Waals surface area contributed by atoms with Crippen LogP contribution in [-0.4, -0.2) is 47.4 Å². The maximum absolute atomic E-state index is 10.5. The Morgan fingerprint density at radius 3 is 2.60 bits per heavy atom. The summed E-state index contributed by atoms with van der Waals surface area (Å²) >= 11 is 0. The molecule has 0 bridgehead atoms. The monoisotopic (exact) mass is 283 g/mol. The number of aliphatic hydroxyl groups excluding tert-OH is 1. The molecule has 1 saturated carbocycles. The summed E-state index contributed by atoms with van der Waals surface area (Å²) in [6, 6.07) is 0.746. The fourth-order valence-electron chi connectivity index (χ4n) is 3.88. The minimum Gasteiger partial charge on any atom is -0.391 e. The molecule has 5 unspecified atom stereocenters. The molecule has 0 radical (unpaired) electrons. The third kappa shape index (κ3) is 3.37. The van der Waals surface area contributed by atoms with Crippen LogP contribution in [0.2, 0.25) is 0 Å². The maximum Gasteiger partial charge on any atom is 0.0695 e. The van der Waals surface area contributed by atoms with E-state index < -0.39 is 0 Å². The highest BCUT2D eigenvalue weighted by Crippen LogP contribution is 2.42. The molecule has 0 amide bonds. The number of morpholine rings is 1. The van der Waals surface area contributed by atoms with E-state index in [9.17, 15) is 5.11 Å². The zero-order chi connectivity index (χ0) is 14.9. The zero-order valence-electron chi connectivity index (χ0n) is 13.9. The number of nitrogens with zero attached hydrogens (tertiary/aromatic N) is 1. The summed E-state index contributed by atoms with van der Waals surface area (Å²) < 4.78 is 5.74.